The molecular formula is C18H20F3N3O2S. The molecular weight excluding hydrogens is 379 g/mol. The number of thioether (sulfide) groups is 1. The average molecular weight is 399 g/mol. The zero-order chi connectivity index (χ0) is 20.0. The molecule has 1 N–H and O–H groups in total. The van der Waals surface area contributed by atoms with Gasteiger partial charge < -0.3 is 5.11 Å². The van der Waals surface area contributed by atoms with Gasteiger partial charge in [-0.2, -0.15) is 13.2 Å². The van der Waals surface area contributed by atoms with E-state index in [0.29, 0.717) is 12.1 Å². The number of fused-ring (bicyclic) bond motifs is 1. The van der Waals surface area contributed by atoms with E-state index in [-0.39, 0.29) is 5.16 Å². The van der Waals surface area contributed by atoms with Gasteiger partial charge in [-0.25, -0.2) is 0 Å². The van der Waals surface area contributed by atoms with Crippen LogP contribution in [0, 0.1) is 6.92 Å². The number of aromatic nitrogens is 3. The summed E-state index contributed by atoms with van der Waals surface area (Å²) >= 11 is 0.757. The fourth-order valence-electron chi connectivity index (χ4n) is 3.25. The van der Waals surface area contributed by atoms with Crippen LogP contribution in [0.25, 0.3) is 5.69 Å². The number of carboxylic acid groups (broad SMARTS) is 1. The Morgan fingerprint density at radius 1 is 1.15 bits per heavy atom. The van der Waals surface area contributed by atoms with Crippen LogP contribution in [0.4, 0.5) is 13.2 Å². The summed E-state index contributed by atoms with van der Waals surface area (Å²) in [6.45, 7) is 4.81. The van der Waals surface area contributed by atoms with E-state index in [9.17, 15) is 23.1 Å². The number of aliphatic carboxylic acids is 1. The van der Waals surface area contributed by atoms with Crippen LogP contribution >= 0.6 is 11.8 Å². The van der Waals surface area contributed by atoms with Crippen molar-refractivity contribution >= 4 is 17.7 Å². The Hall–Kier alpha value is -2.03. The van der Waals surface area contributed by atoms with Crippen molar-refractivity contribution in [2.24, 2.45) is 0 Å². The van der Waals surface area contributed by atoms with Crippen molar-refractivity contribution in [1.29, 1.82) is 0 Å². The molecule has 0 unspecified atom stereocenters. The van der Waals surface area contributed by atoms with Gasteiger partial charge in [0.05, 0.1) is 5.69 Å². The lowest BCUT2D eigenvalue weighted by molar-refractivity contribution is -0.146. The maximum absolute atomic E-state index is 13.6. The monoisotopic (exact) mass is 399 g/mol. The summed E-state index contributed by atoms with van der Waals surface area (Å²) in [5.41, 5.74) is 3.36. The van der Waals surface area contributed by atoms with Gasteiger partial charge in [-0.3, -0.25) is 9.36 Å². The summed E-state index contributed by atoms with van der Waals surface area (Å²) in [7, 11) is 0. The number of hydrogen-bond acceptors (Lipinski definition) is 4. The molecule has 1 heterocycles. The summed E-state index contributed by atoms with van der Waals surface area (Å²) in [6.07, 6.45) is -1.31. The van der Waals surface area contributed by atoms with Gasteiger partial charge in [0.15, 0.2) is 5.16 Å². The van der Waals surface area contributed by atoms with Gasteiger partial charge in [-0.05, 0) is 69.2 Å². The van der Waals surface area contributed by atoms with Gasteiger partial charge >= 0.3 is 12.1 Å². The molecule has 0 fully saturated rings. The van der Waals surface area contributed by atoms with Crippen molar-refractivity contribution in [3.8, 4) is 5.69 Å². The molecule has 2 aromatic rings. The predicted molar refractivity (Wildman–Crippen MR) is 95.3 cm³/mol. The number of nitrogens with zero attached hydrogens (tertiary/aromatic N) is 3. The van der Waals surface area contributed by atoms with E-state index >= 15 is 0 Å². The molecule has 0 spiro atoms. The molecule has 1 aliphatic rings. The number of halogens is 3. The van der Waals surface area contributed by atoms with Crippen molar-refractivity contribution in [2.75, 3.05) is 0 Å². The maximum atomic E-state index is 13.6. The second-order valence-corrected chi connectivity index (χ2v) is 8.71. The molecule has 146 valence electrons. The SMILES string of the molecule is Cc1ccc(-n2c(SC(C)(C)C(=O)O)nnc2C(F)(F)F)c2c1CCCC2. The van der Waals surface area contributed by atoms with Crippen LogP contribution in [-0.4, -0.2) is 30.6 Å². The van der Waals surface area contributed by atoms with Gasteiger partial charge in [0.1, 0.15) is 4.75 Å². The van der Waals surface area contributed by atoms with Gasteiger partial charge in [-0.15, -0.1) is 10.2 Å². The van der Waals surface area contributed by atoms with E-state index in [1.54, 1.807) is 12.1 Å². The van der Waals surface area contributed by atoms with Crippen molar-refractivity contribution in [1.82, 2.24) is 14.8 Å². The van der Waals surface area contributed by atoms with Gasteiger partial charge in [0.2, 0.25) is 5.82 Å². The molecule has 0 radical (unpaired) electrons. The molecule has 1 aliphatic carbocycles. The summed E-state index contributed by atoms with van der Waals surface area (Å²) in [5.74, 6) is -2.27. The Balaban J connectivity index is 2.23. The molecule has 5 nitrogen and oxygen atoms in total. The van der Waals surface area contributed by atoms with Gasteiger partial charge in [0.25, 0.3) is 0 Å². The zero-order valence-electron chi connectivity index (χ0n) is 15.2. The minimum atomic E-state index is -4.70. The summed E-state index contributed by atoms with van der Waals surface area (Å²) < 4.78 is 40.4. The first-order chi connectivity index (χ1) is 12.5. The number of hydrogen-bond donors (Lipinski definition) is 1. The first-order valence-corrected chi connectivity index (χ1v) is 9.41. The number of aryl methyl sites for hydroxylation is 1. The molecule has 9 heteroatoms. The van der Waals surface area contributed by atoms with E-state index in [1.165, 1.54) is 13.8 Å². The summed E-state index contributed by atoms with van der Waals surface area (Å²) in [4.78, 5) is 11.5. The van der Waals surface area contributed by atoms with Crippen molar-refractivity contribution in [2.45, 2.75) is 62.5 Å². The van der Waals surface area contributed by atoms with Crippen LogP contribution in [0.5, 0.6) is 0 Å². The Bertz CT molecular complexity index is 891. The number of benzene rings is 1. The van der Waals surface area contributed by atoms with Crippen LogP contribution in [0.2, 0.25) is 0 Å². The minimum absolute atomic E-state index is 0.0775. The first kappa shape index (κ1) is 19.7. The smallest absolute Gasteiger partial charge is 0.452 e. The van der Waals surface area contributed by atoms with Crippen LogP contribution < -0.4 is 0 Å². The van der Waals surface area contributed by atoms with Gasteiger partial charge in [0, 0.05) is 0 Å². The maximum Gasteiger partial charge on any atom is 0.452 e. The number of carbonyl (C=O) groups is 1. The second-order valence-electron chi connectivity index (χ2n) is 7.12. The van der Waals surface area contributed by atoms with Crippen molar-refractivity contribution < 1.29 is 23.1 Å². The lowest BCUT2D eigenvalue weighted by Gasteiger charge is -2.24. The average Bonchev–Trinajstić information content (AvgIpc) is 2.98. The second kappa shape index (κ2) is 6.85. The Kier molecular flexibility index (Phi) is 5.00. The molecule has 1 aromatic carbocycles. The fraction of sp³-hybridized carbons (Fsp3) is 0.500. The predicted octanol–water partition coefficient (Wildman–Crippen LogP) is 4.43. The van der Waals surface area contributed by atoms with E-state index in [1.807, 2.05) is 6.92 Å². The molecule has 0 aliphatic heterocycles. The highest BCUT2D eigenvalue weighted by molar-refractivity contribution is 8.01. The normalized spacial score (nSPS) is 14.9. The van der Waals surface area contributed by atoms with Gasteiger partial charge in [-0.1, -0.05) is 17.8 Å². The molecule has 0 atom stereocenters. The zero-order valence-corrected chi connectivity index (χ0v) is 16.0. The molecule has 0 bridgehead atoms. The largest absolute Gasteiger partial charge is 0.480 e. The van der Waals surface area contributed by atoms with E-state index < -0.39 is 22.7 Å². The Morgan fingerprint density at radius 3 is 2.37 bits per heavy atom. The quantitative estimate of drug-likeness (QED) is 0.771. The lowest BCUT2D eigenvalue weighted by atomic mass is 9.87. The Morgan fingerprint density at radius 2 is 1.78 bits per heavy atom. The van der Waals surface area contributed by atoms with E-state index in [4.69, 9.17) is 0 Å². The van der Waals surface area contributed by atoms with Crippen LogP contribution in [-0.2, 0) is 23.8 Å². The van der Waals surface area contributed by atoms with E-state index in [2.05, 4.69) is 10.2 Å². The van der Waals surface area contributed by atoms with Crippen molar-refractivity contribution in [3.63, 3.8) is 0 Å². The molecule has 0 saturated heterocycles. The number of carboxylic acids is 1. The highest BCUT2D eigenvalue weighted by Gasteiger charge is 2.41. The van der Waals surface area contributed by atoms with Crippen LogP contribution in [0.15, 0.2) is 17.3 Å². The van der Waals surface area contributed by atoms with Crippen molar-refractivity contribution in [3.05, 3.63) is 34.6 Å². The fourth-order valence-corrected chi connectivity index (χ4v) is 4.15. The topological polar surface area (TPSA) is 68.0 Å². The number of alkyl halides is 3. The molecule has 27 heavy (non-hydrogen) atoms. The molecule has 0 amide bonds. The first-order valence-electron chi connectivity index (χ1n) is 8.59. The highest BCUT2D eigenvalue weighted by atomic mass is 32.2. The Labute approximate surface area is 159 Å². The van der Waals surface area contributed by atoms with E-state index in [0.717, 1.165) is 52.3 Å². The minimum Gasteiger partial charge on any atom is -0.480 e. The third-order valence-corrected chi connectivity index (χ3v) is 5.87. The summed E-state index contributed by atoms with van der Waals surface area (Å²) in [6, 6.07) is 3.45. The lowest BCUT2D eigenvalue weighted by Crippen LogP contribution is -2.28. The van der Waals surface area contributed by atoms with Crippen LogP contribution in [0.1, 0.15) is 49.2 Å². The third kappa shape index (κ3) is 3.69. The molecule has 3 rings (SSSR count). The highest BCUT2D eigenvalue weighted by Crippen LogP contribution is 2.40. The molecule has 1 aromatic heterocycles. The third-order valence-electron chi connectivity index (χ3n) is 4.73. The number of rotatable bonds is 4. The van der Waals surface area contributed by atoms with Crippen LogP contribution in [0.3, 0.4) is 0 Å². The summed E-state index contributed by atoms with van der Waals surface area (Å²) in [5, 5.41) is 16.3. The standard InChI is InChI=1S/C18H20F3N3O2S/c1-10-8-9-13(12-7-5-4-6-11(10)12)24-14(18(19,20)21)22-23-16(24)27-17(2,3)15(25)26/h8-9H,4-7H2,1-3H3,(H,25,26). The molecule has 0 saturated carbocycles.